The molecule has 0 unspecified atom stereocenters. The minimum Gasteiger partial charge on any atom is -0.410 e. The van der Waals surface area contributed by atoms with Crippen molar-refractivity contribution >= 4 is 29.2 Å². The van der Waals surface area contributed by atoms with Gasteiger partial charge in [-0.1, -0.05) is 56.3 Å². The van der Waals surface area contributed by atoms with Gasteiger partial charge in [-0.25, -0.2) is 9.78 Å². The third-order valence-electron chi connectivity index (χ3n) is 7.82. The number of hydrogen-bond acceptors (Lipinski definition) is 8. The van der Waals surface area contributed by atoms with Crippen LogP contribution in [-0.2, 0) is 19.5 Å². The Morgan fingerprint density at radius 2 is 1.69 bits per heavy atom. The Hall–Kier alpha value is -4.58. The van der Waals surface area contributed by atoms with Gasteiger partial charge in [0.15, 0.2) is 0 Å². The number of rotatable bonds is 14. The lowest BCUT2D eigenvalue weighted by Gasteiger charge is -2.25. The fraction of sp³-hybridized carbons (Fsp3) is 0.351. The lowest BCUT2D eigenvalue weighted by molar-refractivity contribution is 0.0784. The number of aryl methyl sites for hydroxylation is 1. The van der Waals surface area contributed by atoms with Gasteiger partial charge in [-0.05, 0) is 66.3 Å². The number of thiazole rings is 1. The molecule has 3 amide bonds. The Bertz CT molecular complexity index is 1690. The predicted octanol–water partition coefficient (Wildman–Crippen LogP) is 5.40. The van der Waals surface area contributed by atoms with Crippen molar-refractivity contribution in [2.75, 3.05) is 27.7 Å². The summed E-state index contributed by atoms with van der Waals surface area (Å²) in [5.74, 6) is 0.0488. The Morgan fingerprint density at radius 1 is 0.958 bits per heavy atom. The number of nitrogens with one attached hydrogen (secondary N) is 2. The first kappa shape index (κ1) is 36.3. The number of aliphatic hydroxyl groups is 1. The lowest BCUT2D eigenvalue weighted by atomic mass is 9.96. The summed E-state index contributed by atoms with van der Waals surface area (Å²) in [4.78, 5) is 46.2. The molecule has 0 aliphatic rings. The smallest absolute Gasteiger partial charge is 0.410 e. The van der Waals surface area contributed by atoms with Crippen molar-refractivity contribution in [3.05, 3.63) is 117 Å². The average Bonchev–Trinajstić information content (AvgIpc) is 3.48. The van der Waals surface area contributed by atoms with Crippen molar-refractivity contribution < 1.29 is 24.2 Å². The molecule has 0 radical (unpaired) electrons. The van der Waals surface area contributed by atoms with Gasteiger partial charge in [-0.2, -0.15) is 0 Å². The molecule has 1 aromatic heterocycles. The number of hydrogen-bond donors (Lipinski definition) is 3. The molecule has 11 heteroatoms. The van der Waals surface area contributed by atoms with Crippen molar-refractivity contribution in [1.82, 2.24) is 25.4 Å². The van der Waals surface area contributed by atoms with Gasteiger partial charge < -0.3 is 30.3 Å². The fourth-order valence-electron chi connectivity index (χ4n) is 5.19. The standard InChI is InChI=1S/C37H45N5O5S/c1-24(2)31-19-30(47-37(46)41(4)5)16-15-29(31)20-38-21-33(43)32(17-26-11-8-7-9-12-26)40-35(44)27-13-10-14-28(18-27)36(45)42(6)22-34-39-25(3)23-48-34/h7-16,18-19,23-24,32-33,38,43H,17,20-22H2,1-6H3,(H,40,44)/t32-,33+/m0/s1. The molecule has 4 rings (SSSR count). The summed E-state index contributed by atoms with van der Waals surface area (Å²) in [6.07, 6.45) is -0.958. The van der Waals surface area contributed by atoms with E-state index in [9.17, 15) is 19.5 Å². The first-order chi connectivity index (χ1) is 22.9. The van der Waals surface area contributed by atoms with Crippen LogP contribution in [0.2, 0.25) is 0 Å². The van der Waals surface area contributed by atoms with Gasteiger partial charge in [0.1, 0.15) is 10.8 Å². The second-order valence-corrected chi connectivity index (χ2v) is 13.3. The molecule has 48 heavy (non-hydrogen) atoms. The molecule has 3 aromatic carbocycles. The van der Waals surface area contributed by atoms with E-state index in [-0.39, 0.29) is 24.3 Å². The molecule has 0 saturated carbocycles. The van der Waals surface area contributed by atoms with Crippen LogP contribution in [0.15, 0.2) is 78.2 Å². The highest BCUT2D eigenvalue weighted by molar-refractivity contribution is 7.09. The molecule has 0 spiro atoms. The zero-order valence-electron chi connectivity index (χ0n) is 28.4. The molecule has 2 atom stereocenters. The molecule has 10 nitrogen and oxygen atoms in total. The maximum absolute atomic E-state index is 13.5. The van der Waals surface area contributed by atoms with Gasteiger partial charge >= 0.3 is 6.09 Å². The molecule has 0 fully saturated rings. The van der Waals surface area contributed by atoms with Gasteiger partial charge in [0, 0.05) is 56.4 Å². The Labute approximate surface area is 286 Å². The third-order valence-corrected chi connectivity index (χ3v) is 8.77. The molecule has 1 heterocycles. The van der Waals surface area contributed by atoms with E-state index in [0.29, 0.717) is 36.4 Å². The van der Waals surface area contributed by atoms with Gasteiger partial charge in [-0.3, -0.25) is 9.59 Å². The molecule has 4 aromatic rings. The third kappa shape index (κ3) is 10.2. The second-order valence-electron chi connectivity index (χ2n) is 12.4. The quantitative estimate of drug-likeness (QED) is 0.164. The van der Waals surface area contributed by atoms with E-state index in [4.69, 9.17) is 4.74 Å². The lowest BCUT2D eigenvalue weighted by Crippen LogP contribution is -2.48. The average molecular weight is 672 g/mol. The van der Waals surface area contributed by atoms with Crippen LogP contribution in [0.1, 0.15) is 67.9 Å². The van der Waals surface area contributed by atoms with Crippen molar-refractivity contribution in [2.24, 2.45) is 0 Å². The largest absolute Gasteiger partial charge is 0.414 e. The second kappa shape index (κ2) is 17.0. The van der Waals surface area contributed by atoms with Gasteiger partial charge in [0.05, 0.1) is 18.7 Å². The number of carbonyl (C=O) groups excluding carboxylic acids is 3. The highest BCUT2D eigenvalue weighted by Crippen LogP contribution is 2.25. The Kier molecular flexibility index (Phi) is 12.8. The molecule has 0 saturated heterocycles. The van der Waals surface area contributed by atoms with Crippen molar-refractivity contribution in [2.45, 2.75) is 58.3 Å². The molecule has 0 aliphatic carbocycles. The fourth-order valence-corrected chi connectivity index (χ4v) is 6.02. The van der Waals surface area contributed by atoms with Crippen LogP contribution in [0.25, 0.3) is 0 Å². The van der Waals surface area contributed by atoms with E-state index >= 15 is 0 Å². The van der Waals surface area contributed by atoms with Crippen LogP contribution in [0.5, 0.6) is 5.75 Å². The predicted molar refractivity (Wildman–Crippen MR) is 188 cm³/mol. The molecule has 254 valence electrons. The number of amides is 3. The molecular formula is C37H45N5O5S. The monoisotopic (exact) mass is 671 g/mol. The number of benzene rings is 3. The summed E-state index contributed by atoms with van der Waals surface area (Å²) in [5, 5.41) is 20.5. The van der Waals surface area contributed by atoms with E-state index in [1.165, 1.54) is 16.2 Å². The van der Waals surface area contributed by atoms with Crippen LogP contribution in [0.3, 0.4) is 0 Å². The van der Waals surface area contributed by atoms with E-state index in [2.05, 4.69) is 29.5 Å². The number of aliphatic hydroxyl groups excluding tert-OH is 1. The highest BCUT2D eigenvalue weighted by Gasteiger charge is 2.24. The maximum Gasteiger partial charge on any atom is 0.414 e. The summed E-state index contributed by atoms with van der Waals surface area (Å²) in [5.41, 5.74) is 4.64. The summed E-state index contributed by atoms with van der Waals surface area (Å²) in [6, 6.07) is 21.2. The number of nitrogens with zero attached hydrogens (tertiary/aromatic N) is 3. The van der Waals surface area contributed by atoms with Crippen LogP contribution < -0.4 is 15.4 Å². The first-order valence-corrected chi connectivity index (χ1v) is 16.8. The van der Waals surface area contributed by atoms with E-state index < -0.39 is 18.2 Å². The molecule has 0 bridgehead atoms. The van der Waals surface area contributed by atoms with Gasteiger partial charge in [-0.15, -0.1) is 11.3 Å². The summed E-state index contributed by atoms with van der Waals surface area (Å²) in [6.45, 7) is 7.11. The normalized spacial score (nSPS) is 12.3. The van der Waals surface area contributed by atoms with Crippen molar-refractivity contribution in [3.63, 3.8) is 0 Å². The van der Waals surface area contributed by atoms with Crippen LogP contribution in [-0.4, -0.2) is 77.6 Å². The molecule has 3 N–H and O–H groups in total. The number of carbonyl (C=O) groups is 3. The Balaban J connectivity index is 1.43. The number of ether oxygens (including phenoxy) is 1. The number of aromatic nitrogens is 1. The molecule has 0 aliphatic heterocycles. The topological polar surface area (TPSA) is 124 Å². The van der Waals surface area contributed by atoms with Crippen LogP contribution in [0, 0.1) is 6.92 Å². The van der Waals surface area contributed by atoms with Gasteiger partial charge in [0.2, 0.25) is 0 Å². The summed E-state index contributed by atoms with van der Waals surface area (Å²) < 4.78 is 5.45. The maximum atomic E-state index is 13.5. The summed E-state index contributed by atoms with van der Waals surface area (Å²) >= 11 is 1.50. The minimum atomic E-state index is -0.922. The zero-order valence-corrected chi connectivity index (χ0v) is 29.2. The van der Waals surface area contributed by atoms with Gasteiger partial charge in [0.25, 0.3) is 11.8 Å². The Morgan fingerprint density at radius 3 is 2.35 bits per heavy atom. The first-order valence-electron chi connectivity index (χ1n) is 15.9. The van der Waals surface area contributed by atoms with Crippen molar-refractivity contribution in [3.8, 4) is 5.75 Å². The van der Waals surface area contributed by atoms with Crippen LogP contribution in [0.4, 0.5) is 4.79 Å². The van der Waals surface area contributed by atoms with Crippen LogP contribution >= 0.6 is 11.3 Å². The highest BCUT2D eigenvalue weighted by atomic mass is 32.1. The minimum absolute atomic E-state index is 0.175. The molecular weight excluding hydrogens is 627 g/mol. The van der Waals surface area contributed by atoms with E-state index in [1.807, 2.05) is 54.8 Å². The van der Waals surface area contributed by atoms with E-state index in [0.717, 1.165) is 27.4 Å². The zero-order chi connectivity index (χ0) is 34.8. The van der Waals surface area contributed by atoms with Crippen molar-refractivity contribution in [1.29, 1.82) is 0 Å². The summed E-state index contributed by atoms with van der Waals surface area (Å²) in [7, 11) is 4.98. The van der Waals surface area contributed by atoms with E-state index in [1.54, 1.807) is 56.4 Å². The SMILES string of the molecule is Cc1csc(CN(C)C(=O)c2cccc(C(=O)N[C@@H](Cc3ccccc3)[C@H](O)CNCc3ccc(OC(=O)N(C)C)cc3C(C)C)c2)n1.